The number of carboxylic acid groups (broad SMARTS) is 2. The molecule has 0 N–H and O–H groups in total. The molecule has 0 aromatic heterocycles. The molecule has 0 heterocycles. The molecule has 0 unspecified atom stereocenters. The predicted molar refractivity (Wildman–Crippen MR) is 5.40 cm³/mol. The van der Waals surface area contributed by atoms with Gasteiger partial charge in [-0.15, -0.1) is 0 Å². The number of hydrogen-bond donors (Lipinski definition) is 0. The zero-order valence-corrected chi connectivity index (χ0v) is 3.71. The maximum Gasteiger partial charge on any atom is 3.00 e. The second kappa shape index (κ2) is 4.79. The van der Waals surface area contributed by atoms with E-state index < -0.39 is 6.16 Å². The van der Waals surface area contributed by atoms with Gasteiger partial charge in [0.05, 0.1) is 0 Å². The minimum absolute atomic E-state index is 0. The largest absolute Gasteiger partial charge is 3.00 e. The van der Waals surface area contributed by atoms with Gasteiger partial charge in [-0.2, -0.15) is 0 Å². The Morgan fingerprint density at radius 1 is 1.40 bits per heavy atom. The fourth-order valence-corrected chi connectivity index (χ4v) is 0. The molecule has 0 fully saturated rings. The van der Waals surface area contributed by atoms with Crippen molar-refractivity contribution < 1.29 is 61.9 Å². The van der Waals surface area contributed by atoms with Gasteiger partial charge in [-0.3, -0.25) is 0 Å². The Labute approximate surface area is 67.2 Å². The summed E-state index contributed by atoms with van der Waals surface area (Å²) >= 11 is 0. The van der Waals surface area contributed by atoms with Gasteiger partial charge in [0.1, 0.15) is 0 Å². The van der Waals surface area contributed by atoms with Crippen LogP contribution in [-0.2, 0) is 0 Å². The molecule has 0 saturated heterocycles. The summed E-state index contributed by atoms with van der Waals surface area (Å²) in [4.78, 5) is 8.33. The summed E-state index contributed by atoms with van der Waals surface area (Å²) in [5.74, 6) is 0. The summed E-state index contributed by atoms with van der Waals surface area (Å²) in [6, 6.07) is 0. The fraction of sp³-hybridized carbons (Fsp3) is 0. The summed E-state index contributed by atoms with van der Waals surface area (Å²) in [7, 11) is 0. The first-order valence-corrected chi connectivity index (χ1v) is 0.612. The summed E-state index contributed by atoms with van der Waals surface area (Å²) in [6.45, 7) is 0. The third-order valence-corrected chi connectivity index (χ3v) is 0. The van der Waals surface area contributed by atoms with Crippen molar-refractivity contribution in [3.8, 4) is 0 Å². The molecule has 0 atom stereocenters. The standard InChI is InChI=1S/CH2O3.Yb/c2-1(3)4;/h(H2,2,3,4);/q;+3/p-2. The van der Waals surface area contributed by atoms with Crippen LogP contribution in [0.5, 0.6) is 0 Å². The van der Waals surface area contributed by atoms with Crippen LogP contribution in [0.4, 0.5) is 4.79 Å². The van der Waals surface area contributed by atoms with Gasteiger partial charge in [-0.05, 0) is 6.16 Å². The summed E-state index contributed by atoms with van der Waals surface area (Å²) in [5.41, 5.74) is 0. The third-order valence-electron chi connectivity index (χ3n) is 0. The van der Waals surface area contributed by atoms with E-state index in [2.05, 4.69) is 0 Å². The zero-order valence-electron chi connectivity index (χ0n) is 1.99. The van der Waals surface area contributed by atoms with E-state index in [0.29, 0.717) is 0 Å². The van der Waals surface area contributed by atoms with Gasteiger partial charge in [-0.1, -0.05) is 0 Å². The smallest absolute Gasteiger partial charge is 0.652 e. The number of carbonyl (C=O) groups excluding carboxylic acids is 1. The topological polar surface area (TPSA) is 63.2 Å². The van der Waals surface area contributed by atoms with Crippen LogP contribution in [0.1, 0.15) is 0 Å². The summed E-state index contributed by atoms with van der Waals surface area (Å²) in [5, 5.41) is 16.7. The minimum Gasteiger partial charge on any atom is -0.652 e. The molecule has 0 aliphatic heterocycles. The van der Waals surface area contributed by atoms with Crippen LogP contribution >= 0.6 is 0 Å². The molecular formula is CO3Yb+. The van der Waals surface area contributed by atoms with E-state index in [1.54, 1.807) is 0 Å². The average Bonchev–Trinajstić information content (AvgIpc) is 0.811. The van der Waals surface area contributed by atoms with Crippen LogP contribution in [0, 0.1) is 46.9 Å². The molecule has 5 heavy (non-hydrogen) atoms. The second-order valence-electron chi connectivity index (χ2n) is 0.250. The van der Waals surface area contributed by atoms with E-state index in [9.17, 15) is 0 Å². The van der Waals surface area contributed by atoms with Crippen LogP contribution in [0.15, 0.2) is 0 Å². The van der Waals surface area contributed by atoms with E-state index in [-0.39, 0.29) is 46.9 Å². The molecular weight excluding hydrogens is 233 g/mol. The molecule has 0 spiro atoms. The molecule has 1 radical (unpaired) electrons. The molecule has 0 amide bonds. The molecule has 0 bridgehead atoms. The van der Waals surface area contributed by atoms with Crippen LogP contribution in [-0.4, -0.2) is 6.16 Å². The first kappa shape index (κ1) is 9.25. The van der Waals surface area contributed by atoms with Gasteiger partial charge in [-0.25, -0.2) is 0 Å². The van der Waals surface area contributed by atoms with Gasteiger partial charge in [0.25, 0.3) is 0 Å². The molecule has 0 saturated carbocycles. The Kier molecular flexibility index (Phi) is 8.86. The quantitative estimate of drug-likeness (QED) is 0.466. The van der Waals surface area contributed by atoms with Crippen molar-refractivity contribution in [2.24, 2.45) is 0 Å². The fourth-order valence-electron chi connectivity index (χ4n) is 0. The van der Waals surface area contributed by atoms with Crippen molar-refractivity contribution in [2.75, 3.05) is 0 Å². The Balaban J connectivity index is 0. The van der Waals surface area contributed by atoms with Crippen LogP contribution in [0.3, 0.4) is 0 Å². The van der Waals surface area contributed by atoms with Crippen molar-refractivity contribution in [1.29, 1.82) is 0 Å². The van der Waals surface area contributed by atoms with E-state index in [1.165, 1.54) is 0 Å². The molecule has 0 rings (SSSR count). The molecule has 0 aromatic rings. The Hall–Kier alpha value is 0.789. The van der Waals surface area contributed by atoms with E-state index in [1.807, 2.05) is 0 Å². The monoisotopic (exact) mass is 234 g/mol. The summed E-state index contributed by atoms with van der Waals surface area (Å²) < 4.78 is 0. The molecule has 0 aromatic carbocycles. The minimum atomic E-state index is -2.33. The first-order chi connectivity index (χ1) is 1.73. The average molecular weight is 233 g/mol. The maximum atomic E-state index is 8.33. The van der Waals surface area contributed by atoms with Crippen LogP contribution < -0.4 is 10.2 Å². The van der Waals surface area contributed by atoms with Crippen molar-refractivity contribution in [1.82, 2.24) is 0 Å². The van der Waals surface area contributed by atoms with Crippen molar-refractivity contribution in [3.05, 3.63) is 0 Å². The number of carbonyl (C=O) groups is 1. The van der Waals surface area contributed by atoms with Gasteiger partial charge >= 0.3 is 46.9 Å². The van der Waals surface area contributed by atoms with Gasteiger partial charge in [0.15, 0.2) is 0 Å². The Morgan fingerprint density at radius 3 is 1.40 bits per heavy atom. The zero-order chi connectivity index (χ0) is 3.58. The van der Waals surface area contributed by atoms with Gasteiger partial charge in [0.2, 0.25) is 0 Å². The van der Waals surface area contributed by atoms with E-state index in [0.717, 1.165) is 0 Å². The molecule has 35 valence electrons. The second-order valence-corrected chi connectivity index (χ2v) is 0.250. The van der Waals surface area contributed by atoms with Gasteiger partial charge in [0, 0.05) is 0 Å². The molecule has 0 aliphatic rings. The SMILES string of the molecule is O=C([O-])[O-].[Yb+3]. The van der Waals surface area contributed by atoms with Gasteiger partial charge < -0.3 is 15.0 Å². The van der Waals surface area contributed by atoms with Crippen LogP contribution in [0.25, 0.3) is 0 Å². The van der Waals surface area contributed by atoms with E-state index in [4.69, 9.17) is 15.0 Å². The van der Waals surface area contributed by atoms with Crippen molar-refractivity contribution in [2.45, 2.75) is 0 Å². The molecule has 4 heteroatoms. The molecule has 3 nitrogen and oxygen atoms in total. The maximum absolute atomic E-state index is 8.33. The first-order valence-electron chi connectivity index (χ1n) is 0.612. The third kappa shape index (κ3) is 59.8. The Bertz CT molecular complexity index is 29.9. The van der Waals surface area contributed by atoms with Crippen molar-refractivity contribution >= 4 is 6.16 Å². The Morgan fingerprint density at radius 2 is 1.40 bits per heavy atom. The van der Waals surface area contributed by atoms with Crippen molar-refractivity contribution in [3.63, 3.8) is 0 Å². The summed E-state index contributed by atoms with van der Waals surface area (Å²) in [6.07, 6.45) is -2.33. The van der Waals surface area contributed by atoms with E-state index >= 15 is 0 Å². The van der Waals surface area contributed by atoms with Crippen LogP contribution in [0.2, 0.25) is 0 Å². The predicted octanol–water partition coefficient (Wildman–Crippen LogP) is -2.45. The number of rotatable bonds is 0. The molecule has 0 aliphatic carbocycles. The number of hydrogen-bond acceptors (Lipinski definition) is 3. The normalized spacial score (nSPS) is 4.80.